The van der Waals surface area contributed by atoms with Gasteiger partial charge in [0.15, 0.2) is 0 Å². The number of esters is 1. The SMILES string of the molecule is CCOC(=O)c1nc2c(s1)CN(C)CC2. The van der Waals surface area contributed by atoms with Gasteiger partial charge in [-0.15, -0.1) is 11.3 Å². The fraction of sp³-hybridized carbons (Fsp3) is 0.600. The molecule has 0 saturated heterocycles. The van der Waals surface area contributed by atoms with Crippen LogP contribution < -0.4 is 0 Å². The zero-order valence-electron chi connectivity index (χ0n) is 8.95. The van der Waals surface area contributed by atoms with Crippen LogP contribution in [-0.4, -0.2) is 36.1 Å². The molecule has 0 N–H and O–H groups in total. The van der Waals surface area contributed by atoms with Crippen LogP contribution in [0.25, 0.3) is 0 Å². The highest BCUT2D eigenvalue weighted by Gasteiger charge is 2.21. The average molecular weight is 226 g/mol. The summed E-state index contributed by atoms with van der Waals surface area (Å²) in [5.41, 5.74) is 1.07. The first-order valence-corrected chi connectivity index (χ1v) is 5.86. The molecule has 0 amide bonds. The van der Waals surface area contributed by atoms with E-state index in [1.807, 2.05) is 0 Å². The molecule has 2 heterocycles. The quantitative estimate of drug-likeness (QED) is 0.713. The van der Waals surface area contributed by atoms with Crippen LogP contribution in [0.15, 0.2) is 0 Å². The molecule has 1 aromatic heterocycles. The summed E-state index contributed by atoms with van der Waals surface area (Å²) in [6.45, 7) is 4.12. The Morgan fingerprint density at radius 3 is 3.20 bits per heavy atom. The number of carbonyl (C=O) groups excluding carboxylic acids is 1. The molecule has 0 fully saturated rings. The van der Waals surface area contributed by atoms with E-state index in [9.17, 15) is 4.79 Å². The van der Waals surface area contributed by atoms with E-state index < -0.39 is 0 Å². The van der Waals surface area contributed by atoms with E-state index in [-0.39, 0.29) is 5.97 Å². The lowest BCUT2D eigenvalue weighted by Crippen LogP contribution is -2.25. The molecular formula is C10H14N2O2S. The fourth-order valence-electron chi connectivity index (χ4n) is 1.60. The number of ether oxygens (including phenoxy) is 1. The van der Waals surface area contributed by atoms with Crippen LogP contribution in [0.3, 0.4) is 0 Å². The Balaban J connectivity index is 2.19. The van der Waals surface area contributed by atoms with Crippen molar-refractivity contribution in [1.29, 1.82) is 0 Å². The maximum atomic E-state index is 11.5. The highest BCUT2D eigenvalue weighted by Crippen LogP contribution is 2.24. The number of hydrogen-bond donors (Lipinski definition) is 0. The Labute approximate surface area is 92.9 Å². The number of nitrogens with zero attached hydrogens (tertiary/aromatic N) is 2. The topological polar surface area (TPSA) is 42.4 Å². The van der Waals surface area contributed by atoms with Crippen molar-refractivity contribution in [2.24, 2.45) is 0 Å². The van der Waals surface area contributed by atoms with Crippen LogP contribution in [0, 0.1) is 0 Å². The van der Waals surface area contributed by atoms with Gasteiger partial charge < -0.3 is 9.64 Å². The molecule has 1 aliphatic heterocycles. The van der Waals surface area contributed by atoms with E-state index in [1.165, 1.54) is 16.2 Å². The van der Waals surface area contributed by atoms with Gasteiger partial charge in [0, 0.05) is 24.4 Å². The number of hydrogen-bond acceptors (Lipinski definition) is 5. The van der Waals surface area contributed by atoms with Crippen molar-refractivity contribution in [3.63, 3.8) is 0 Å². The molecule has 0 radical (unpaired) electrons. The third-order valence-electron chi connectivity index (χ3n) is 2.37. The largest absolute Gasteiger partial charge is 0.461 e. The highest BCUT2D eigenvalue weighted by molar-refractivity contribution is 7.13. The van der Waals surface area contributed by atoms with Crippen LogP contribution >= 0.6 is 11.3 Å². The molecular weight excluding hydrogens is 212 g/mol. The summed E-state index contributed by atoms with van der Waals surface area (Å²) < 4.78 is 4.93. The van der Waals surface area contributed by atoms with Crippen molar-refractivity contribution in [3.8, 4) is 0 Å². The van der Waals surface area contributed by atoms with Gasteiger partial charge in [-0.05, 0) is 14.0 Å². The van der Waals surface area contributed by atoms with Gasteiger partial charge in [-0.1, -0.05) is 0 Å². The molecule has 4 nitrogen and oxygen atoms in total. The first kappa shape index (κ1) is 10.6. The van der Waals surface area contributed by atoms with E-state index >= 15 is 0 Å². The molecule has 15 heavy (non-hydrogen) atoms. The summed E-state index contributed by atoms with van der Waals surface area (Å²) in [6, 6.07) is 0. The lowest BCUT2D eigenvalue weighted by molar-refractivity contribution is 0.0525. The van der Waals surface area contributed by atoms with Crippen molar-refractivity contribution >= 4 is 17.3 Å². The van der Waals surface area contributed by atoms with Gasteiger partial charge in [0.05, 0.1) is 12.3 Å². The van der Waals surface area contributed by atoms with Crippen molar-refractivity contribution < 1.29 is 9.53 Å². The van der Waals surface area contributed by atoms with E-state index in [1.54, 1.807) is 6.92 Å². The van der Waals surface area contributed by atoms with Crippen molar-refractivity contribution in [3.05, 3.63) is 15.6 Å². The van der Waals surface area contributed by atoms with Crippen LogP contribution in [0.5, 0.6) is 0 Å². The molecule has 2 rings (SSSR count). The van der Waals surface area contributed by atoms with E-state index in [0.717, 1.165) is 25.2 Å². The predicted molar refractivity (Wildman–Crippen MR) is 58.1 cm³/mol. The van der Waals surface area contributed by atoms with Gasteiger partial charge in [-0.2, -0.15) is 0 Å². The van der Waals surface area contributed by atoms with Gasteiger partial charge in [-0.3, -0.25) is 0 Å². The molecule has 0 bridgehead atoms. The Morgan fingerprint density at radius 2 is 2.47 bits per heavy atom. The third-order valence-corrected chi connectivity index (χ3v) is 3.43. The Hall–Kier alpha value is -0.940. The normalized spacial score (nSPS) is 16.1. The highest BCUT2D eigenvalue weighted by atomic mass is 32.1. The molecule has 1 aliphatic rings. The monoisotopic (exact) mass is 226 g/mol. The minimum atomic E-state index is -0.292. The van der Waals surface area contributed by atoms with Crippen LogP contribution in [0.2, 0.25) is 0 Å². The maximum Gasteiger partial charge on any atom is 0.367 e. The molecule has 0 unspecified atom stereocenters. The number of fused-ring (bicyclic) bond motifs is 1. The lowest BCUT2D eigenvalue weighted by atomic mass is 10.2. The van der Waals surface area contributed by atoms with Crippen LogP contribution in [-0.2, 0) is 17.7 Å². The van der Waals surface area contributed by atoms with E-state index in [2.05, 4.69) is 16.9 Å². The number of rotatable bonds is 2. The molecule has 0 atom stereocenters. The summed E-state index contributed by atoms with van der Waals surface area (Å²) in [7, 11) is 2.08. The number of aromatic nitrogens is 1. The number of carbonyl (C=O) groups is 1. The van der Waals surface area contributed by atoms with Crippen LogP contribution in [0.4, 0.5) is 0 Å². The van der Waals surface area contributed by atoms with Crippen LogP contribution in [0.1, 0.15) is 27.3 Å². The number of thiazole rings is 1. The van der Waals surface area contributed by atoms with E-state index in [0.29, 0.717) is 11.6 Å². The first-order chi connectivity index (χ1) is 7.20. The van der Waals surface area contributed by atoms with Gasteiger partial charge in [0.25, 0.3) is 0 Å². The summed E-state index contributed by atoms with van der Waals surface area (Å²) in [4.78, 5) is 19.2. The fourth-order valence-corrected chi connectivity index (χ4v) is 2.69. The molecule has 1 aromatic rings. The molecule has 5 heteroatoms. The van der Waals surface area contributed by atoms with Gasteiger partial charge in [0.1, 0.15) is 0 Å². The summed E-state index contributed by atoms with van der Waals surface area (Å²) in [6.07, 6.45) is 0.932. The minimum Gasteiger partial charge on any atom is -0.461 e. The zero-order valence-corrected chi connectivity index (χ0v) is 9.76. The molecule has 0 spiro atoms. The summed E-state index contributed by atoms with van der Waals surface area (Å²) >= 11 is 1.46. The smallest absolute Gasteiger partial charge is 0.367 e. The van der Waals surface area contributed by atoms with Gasteiger partial charge in [0.2, 0.25) is 5.01 Å². The summed E-state index contributed by atoms with van der Waals surface area (Å²) in [5.74, 6) is -0.292. The zero-order chi connectivity index (χ0) is 10.8. The average Bonchev–Trinajstić information content (AvgIpc) is 2.60. The molecule has 82 valence electrons. The summed E-state index contributed by atoms with van der Waals surface area (Å²) in [5, 5.41) is 0.497. The Morgan fingerprint density at radius 1 is 1.67 bits per heavy atom. The van der Waals surface area contributed by atoms with Gasteiger partial charge in [-0.25, -0.2) is 9.78 Å². The van der Waals surface area contributed by atoms with Crippen molar-refractivity contribution in [2.75, 3.05) is 20.2 Å². The Kier molecular flexibility index (Phi) is 3.02. The molecule has 0 aromatic carbocycles. The molecule has 0 aliphatic carbocycles. The second kappa shape index (κ2) is 4.28. The van der Waals surface area contributed by atoms with Crippen molar-refractivity contribution in [2.45, 2.75) is 19.9 Å². The van der Waals surface area contributed by atoms with Gasteiger partial charge >= 0.3 is 5.97 Å². The lowest BCUT2D eigenvalue weighted by Gasteiger charge is -2.20. The maximum absolute atomic E-state index is 11.5. The Bertz CT molecular complexity index is 375. The second-order valence-corrected chi connectivity index (χ2v) is 4.68. The second-order valence-electron chi connectivity index (χ2n) is 3.60. The predicted octanol–water partition coefficient (Wildman–Crippen LogP) is 1.31. The molecule has 0 saturated carbocycles. The standard InChI is InChI=1S/C10H14N2O2S/c1-3-14-10(13)9-11-7-4-5-12(2)6-8(7)15-9/h3-6H2,1-2H3. The minimum absolute atomic E-state index is 0.292. The van der Waals surface area contributed by atoms with E-state index in [4.69, 9.17) is 4.74 Å². The third kappa shape index (κ3) is 2.18. The first-order valence-electron chi connectivity index (χ1n) is 5.05. The number of likely N-dealkylation sites (N-methyl/N-ethyl adjacent to an activating group) is 1. The van der Waals surface area contributed by atoms with Crippen molar-refractivity contribution in [1.82, 2.24) is 9.88 Å².